The predicted octanol–water partition coefficient (Wildman–Crippen LogP) is 3.88. The van der Waals surface area contributed by atoms with Gasteiger partial charge in [0.1, 0.15) is 0 Å². The molecule has 92 valence electrons. The Morgan fingerprint density at radius 3 is 2.61 bits per heavy atom. The van der Waals surface area contributed by atoms with E-state index >= 15 is 0 Å². The molecule has 4 heteroatoms. The Hall–Kier alpha value is -1.87. The fourth-order valence-corrected chi connectivity index (χ4v) is 1.65. The second kappa shape index (κ2) is 5.65. The van der Waals surface area contributed by atoms with E-state index in [0.717, 1.165) is 27.5 Å². The summed E-state index contributed by atoms with van der Waals surface area (Å²) in [7, 11) is 0. The normalized spacial score (nSPS) is 11.4. The summed E-state index contributed by atoms with van der Waals surface area (Å²) in [6, 6.07) is 9.61. The van der Waals surface area contributed by atoms with Crippen molar-refractivity contribution in [3.63, 3.8) is 0 Å². The van der Waals surface area contributed by atoms with Gasteiger partial charge in [0.05, 0.1) is 11.4 Å². The Morgan fingerprint density at radius 2 is 1.94 bits per heavy atom. The molecule has 0 aliphatic carbocycles. The zero-order chi connectivity index (χ0) is 13.0. The highest BCUT2D eigenvalue weighted by Gasteiger charge is 1.98. The molecule has 18 heavy (non-hydrogen) atoms. The molecule has 2 rings (SSSR count). The summed E-state index contributed by atoms with van der Waals surface area (Å²) in [4.78, 5) is 3.97. The minimum Gasteiger partial charge on any atom is -0.278 e. The molecular formula is C14H14ClN3. The maximum atomic E-state index is 6.05. The summed E-state index contributed by atoms with van der Waals surface area (Å²) in [6.07, 6.45) is 3.49. The van der Waals surface area contributed by atoms with Gasteiger partial charge in [-0.2, -0.15) is 5.10 Å². The molecular weight excluding hydrogens is 246 g/mol. The van der Waals surface area contributed by atoms with Crippen molar-refractivity contribution < 1.29 is 0 Å². The fourth-order valence-electron chi connectivity index (χ4n) is 1.47. The number of rotatable bonds is 3. The number of aryl methyl sites for hydroxylation is 1. The molecule has 0 spiro atoms. The minimum absolute atomic E-state index is 0.733. The van der Waals surface area contributed by atoms with Crippen LogP contribution in [-0.2, 0) is 0 Å². The van der Waals surface area contributed by atoms with Gasteiger partial charge < -0.3 is 0 Å². The van der Waals surface area contributed by atoms with E-state index in [4.69, 9.17) is 11.6 Å². The Kier molecular flexibility index (Phi) is 3.95. The van der Waals surface area contributed by atoms with Crippen LogP contribution in [0, 0.1) is 6.92 Å². The number of pyridine rings is 1. The molecule has 1 heterocycles. The van der Waals surface area contributed by atoms with Crippen molar-refractivity contribution in [3.05, 3.63) is 58.9 Å². The first-order valence-corrected chi connectivity index (χ1v) is 6.01. The molecule has 0 radical (unpaired) electrons. The summed E-state index contributed by atoms with van der Waals surface area (Å²) in [5.74, 6) is 0. The largest absolute Gasteiger partial charge is 0.278 e. The van der Waals surface area contributed by atoms with Gasteiger partial charge in [0.25, 0.3) is 0 Å². The summed E-state index contributed by atoms with van der Waals surface area (Å²) < 4.78 is 0. The van der Waals surface area contributed by atoms with Crippen molar-refractivity contribution in [3.8, 4) is 0 Å². The van der Waals surface area contributed by atoms with Crippen molar-refractivity contribution in [1.29, 1.82) is 0 Å². The second-order valence-electron chi connectivity index (χ2n) is 4.01. The van der Waals surface area contributed by atoms with Gasteiger partial charge in [-0.25, -0.2) is 0 Å². The molecule has 0 fully saturated rings. The molecule has 0 unspecified atom stereocenters. The summed E-state index contributed by atoms with van der Waals surface area (Å²) in [5, 5.41) is 5.05. The lowest BCUT2D eigenvalue weighted by Gasteiger charge is -2.05. The number of hydrogen-bond acceptors (Lipinski definition) is 3. The quantitative estimate of drug-likeness (QED) is 0.671. The first-order valence-electron chi connectivity index (χ1n) is 5.63. The monoisotopic (exact) mass is 259 g/mol. The van der Waals surface area contributed by atoms with E-state index in [-0.39, 0.29) is 0 Å². The smallest absolute Gasteiger partial charge is 0.0649 e. The van der Waals surface area contributed by atoms with Gasteiger partial charge >= 0.3 is 0 Å². The summed E-state index contributed by atoms with van der Waals surface area (Å²) in [5.41, 5.74) is 6.86. The van der Waals surface area contributed by atoms with Gasteiger partial charge in [-0.3, -0.25) is 10.4 Å². The number of anilines is 1. The highest BCUT2D eigenvalue weighted by Crippen LogP contribution is 2.19. The maximum absolute atomic E-state index is 6.05. The highest BCUT2D eigenvalue weighted by molar-refractivity contribution is 6.31. The first-order chi connectivity index (χ1) is 8.66. The van der Waals surface area contributed by atoms with Crippen molar-refractivity contribution in [2.24, 2.45) is 5.10 Å². The molecule has 0 saturated heterocycles. The molecule has 3 nitrogen and oxygen atoms in total. The van der Waals surface area contributed by atoms with Crippen LogP contribution in [0.5, 0.6) is 0 Å². The van der Waals surface area contributed by atoms with Gasteiger partial charge in [-0.05, 0) is 43.7 Å². The Labute approximate surface area is 112 Å². The van der Waals surface area contributed by atoms with E-state index in [1.807, 2.05) is 44.2 Å². The van der Waals surface area contributed by atoms with Crippen molar-refractivity contribution in [2.75, 3.05) is 5.43 Å². The maximum Gasteiger partial charge on any atom is 0.0649 e. The van der Waals surface area contributed by atoms with Gasteiger partial charge in [0.15, 0.2) is 0 Å². The lowest BCUT2D eigenvalue weighted by atomic mass is 10.2. The van der Waals surface area contributed by atoms with Crippen LogP contribution in [0.2, 0.25) is 5.02 Å². The molecule has 1 aromatic heterocycles. The van der Waals surface area contributed by atoms with Crippen LogP contribution in [0.4, 0.5) is 5.69 Å². The lowest BCUT2D eigenvalue weighted by molar-refractivity contribution is 1.29. The molecule has 0 bridgehead atoms. The van der Waals surface area contributed by atoms with E-state index in [9.17, 15) is 0 Å². The van der Waals surface area contributed by atoms with E-state index in [2.05, 4.69) is 15.5 Å². The number of hydrazone groups is 1. The van der Waals surface area contributed by atoms with Gasteiger partial charge in [0.2, 0.25) is 0 Å². The van der Waals surface area contributed by atoms with Crippen LogP contribution < -0.4 is 5.43 Å². The van der Waals surface area contributed by atoms with E-state index < -0.39 is 0 Å². The summed E-state index contributed by atoms with van der Waals surface area (Å²) >= 11 is 6.05. The fraction of sp³-hybridized carbons (Fsp3) is 0.143. The van der Waals surface area contributed by atoms with Gasteiger partial charge in [0, 0.05) is 23.0 Å². The molecule has 2 aromatic rings. The van der Waals surface area contributed by atoms with Gasteiger partial charge in [-0.15, -0.1) is 0 Å². The Morgan fingerprint density at radius 1 is 1.22 bits per heavy atom. The van der Waals surface area contributed by atoms with Crippen LogP contribution in [0.25, 0.3) is 0 Å². The Balaban J connectivity index is 2.13. The van der Waals surface area contributed by atoms with Crippen LogP contribution in [-0.4, -0.2) is 10.7 Å². The molecule has 0 saturated carbocycles. The first kappa shape index (κ1) is 12.6. The van der Waals surface area contributed by atoms with Crippen LogP contribution in [0.3, 0.4) is 0 Å². The van der Waals surface area contributed by atoms with E-state index in [0.29, 0.717) is 0 Å². The van der Waals surface area contributed by atoms with E-state index in [1.54, 1.807) is 12.4 Å². The number of halogens is 1. The van der Waals surface area contributed by atoms with Crippen LogP contribution in [0.1, 0.15) is 18.1 Å². The van der Waals surface area contributed by atoms with Crippen molar-refractivity contribution >= 4 is 23.0 Å². The van der Waals surface area contributed by atoms with Crippen LogP contribution in [0.15, 0.2) is 47.8 Å². The number of nitrogens with zero attached hydrogens (tertiary/aromatic N) is 2. The number of nitrogens with one attached hydrogen (secondary N) is 1. The molecule has 0 atom stereocenters. The molecule has 0 aliphatic rings. The SMILES string of the molecule is C/C(=N/Nc1ccc(C)c(Cl)c1)c1ccncc1. The van der Waals surface area contributed by atoms with Crippen molar-refractivity contribution in [2.45, 2.75) is 13.8 Å². The van der Waals surface area contributed by atoms with Crippen LogP contribution >= 0.6 is 11.6 Å². The zero-order valence-electron chi connectivity index (χ0n) is 10.3. The number of hydrogen-bond donors (Lipinski definition) is 1. The number of aromatic nitrogens is 1. The van der Waals surface area contributed by atoms with Crippen molar-refractivity contribution in [1.82, 2.24) is 4.98 Å². The van der Waals surface area contributed by atoms with Gasteiger partial charge in [-0.1, -0.05) is 17.7 Å². The standard InChI is InChI=1S/C14H14ClN3/c1-10-3-4-13(9-14(10)15)18-17-11(2)12-5-7-16-8-6-12/h3-9,18H,1-2H3/b17-11-. The minimum atomic E-state index is 0.733. The lowest BCUT2D eigenvalue weighted by Crippen LogP contribution is -1.99. The average Bonchev–Trinajstić information content (AvgIpc) is 2.41. The third kappa shape index (κ3) is 3.08. The topological polar surface area (TPSA) is 37.3 Å². The van der Waals surface area contributed by atoms with E-state index in [1.165, 1.54) is 0 Å². The average molecular weight is 260 g/mol. The molecule has 1 N–H and O–H groups in total. The third-order valence-corrected chi connectivity index (χ3v) is 3.03. The molecule has 1 aromatic carbocycles. The molecule has 0 aliphatic heterocycles. The zero-order valence-corrected chi connectivity index (χ0v) is 11.1. The predicted molar refractivity (Wildman–Crippen MR) is 76.3 cm³/mol. The third-order valence-electron chi connectivity index (χ3n) is 2.62. The second-order valence-corrected chi connectivity index (χ2v) is 4.42. The highest BCUT2D eigenvalue weighted by atomic mass is 35.5. The number of benzene rings is 1. The molecule has 0 amide bonds. The Bertz CT molecular complexity index is 565. The summed E-state index contributed by atoms with van der Waals surface area (Å²) in [6.45, 7) is 3.91.